The maximum Gasteiger partial charge on any atom is 0.270 e. The van der Waals surface area contributed by atoms with Crippen LogP contribution in [0.15, 0.2) is 73.3 Å². The number of nitrogens with one attached hydrogen (secondary N) is 3. The average molecular weight is 870 g/mol. The number of carbonyl (C=O) groups excluding carboxylic acids is 6. The summed E-state index contributed by atoms with van der Waals surface area (Å²) in [5, 5.41) is 8.67. The number of aromatic nitrogens is 5. The largest absolute Gasteiger partial charge is 0.494 e. The minimum absolute atomic E-state index is 0.0343. The van der Waals surface area contributed by atoms with Crippen LogP contribution in [0.3, 0.4) is 0 Å². The second-order valence-corrected chi connectivity index (χ2v) is 16.4. The fourth-order valence-corrected chi connectivity index (χ4v) is 8.52. The van der Waals surface area contributed by atoms with Crippen LogP contribution in [0.5, 0.6) is 11.5 Å². The van der Waals surface area contributed by atoms with Crippen LogP contribution in [-0.4, -0.2) is 133 Å². The van der Waals surface area contributed by atoms with Crippen LogP contribution in [0.25, 0.3) is 11.2 Å². The highest BCUT2D eigenvalue weighted by Crippen LogP contribution is 2.35. The van der Waals surface area contributed by atoms with Crippen molar-refractivity contribution in [3.05, 3.63) is 101 Å². The predicted molar refractivity (Wildman–Crippen MR) is 229 cm³/mol. The monoisotopic (exact) mass is 869 g/mol. The number of rotatable bonds is 15. The molecule has 9 rings (SSSR count). The number of piperidine rings is 1. The van der Waals surface area contributed by atoms with E-state index in [1.54, 1.807) is 17.3 Å². The van der Waals surface area contributed by atoms with Gasteiger partial charge in [0, 0.05) is 63.5 Å². The normalized spacial score (nSPS) is 19.9. The van der Waals surface area contributed by atoms with Gasteiger partial charge in [-0.05, 0) is 80.6 Å². The Hall–Kier alpha value is -7.28. The number of fused-ring (bicyclic) bond motifs is 2. The number of pyridine rings is 1. The molecule has 0 unspecified atom stereocenters. The molecule has 64 heavy (non-hydrogen) atoms. The summed E-state index contributed by atoms with van der Waals surface area (Å²) in [5.74, 6) is -1.05. The number of aryl methyl sites for hydroxylation is 1. The van der Waals surface area contributed by atoms with Crippen molar-refractivity contribution in [2.75, 3.05) is 51.3 Å². The minimum atomic E-state index is -1.06. The van der Waals surface area contributed by atoms with E-state index in [-0.39, 0.29) is 60.2 Å². The molecule has 6 heterocycles. The van der Waals surface area contributed by atoms with Gasteiger partial charge in [0.25, 0.3) is 23.6 Å². The zero-order chi connectivity index (χ0) is 44.3. The Balaban J connectivity index is 0.679. The molecule has 330 valence electrons. The van der Waals surface area contributed by atoms with Gasteiger partial charge in [0.2, 0.25) is 11.8 Å². The zero-order valence-electron chi connectivity index (χ0n) is 35.2. The van der Waals surface area contributed by atoms with Gasteiger partial charge in [0.05, 0.1) is 24.1 Å². The van der Waals surface area contributed by atoms with Crippen LogP contribution in [0, 0.1) is 6.92 Å². The summed E-state index contributed by atoms with van der Waals surface area (Å²) in [4.78, 5) is 98.6. The van der Waals surface area contributed by atoms with Crippen molar-refractivity contribution in [3.8, 4) is 11.5 Å². The van der Waals surface area contributed by atoms with Gasteiger partial charge in [-0.1, -0.05) is 18.2 Å². The Morgan fingerprint density at radius 3 is 2.48 bits per heavy atom. The second-order valence-electron chi connectivity index (χ2n) is 16.4. The van der Waals surface area contributed by atoms with Gasteiger partial charge in [-0.15, -0.1) is 0 Å². The van der Waals surface area contributed by atoms with Gasteiger partial charge in [0.15, 0.2) is 18.1 Å². The summed E-state index contributed by atoms with van der Waals surface area (Å²) in [5.41, 5.74) is 3.89. The van der Waals surface area contributed by atoms with E-state index in [1.807, 2.05) is 43.3 Å². The number of imidazole rings is 1. The quantitative estimate of drug-likeness (QED) is 0.102. The molecule has 1 atom stereocenters. The molecule has 3 aromatic heterocycles. The maximum absolute atomic E-state index is 13.1. The van der Waals surface area contributed by atoms with Crippen LogP contribution in [0.4, 0.5) is 5.82 Å². The highest BCUT2D eigenvalue weighted by atomic mass is 16.5. The number of anilines is 1. The van der Waals surface area contributed by atoms with Crippen LogP contribution in [0.1, 0.15) is 80.6 Å². The average Bonchev–Trinajstić information content (AvgIpc) is 3.82. The Kier molecular flexibility index (Phi) is 12.0. The summed E-state index contributed by atoms with van der Waals surface area (Å²) in [6.07, 6.45) is 5.77. The van der Waals surface area contributed by atoms with Crippen molar-refractivity contribution in [1.29, 1.82) is 0 Å². The van der Waals surface area contributed by atoms with E-state index in [0.29, 0.717) is 56.4 Å². The van der Waals surface area contributed by atoms with Crippen LogP contribution in [-0.2, 0) is 20.9 Å². The molecule has 1 aliphatic carbocycles. The molecule has 2 aromatic carbocycles. The fourth-order valence-electron chi connectivity index (χ4n) is 8.52. The summed E-state index contributed by atoms with van der Waals surface area (Å²) >= 11 is 0. The van der Waals surface area contributed by atoms with Crippen molar-refractivity contribution in [3.63, 3.8) is 0 Å². The smallest absolute Gasteiger partial charge is 0.270 e. The predicted octanol–water partition coefficient (Wildman–Crippen LogP) is 2.67. The third kappa shape index (κ3) is 8.96. The van der Waals surface area contributed by atoms with Crippen molar-refractivity contribution < 1.29 is 38.2 Å². The number of amides is 6. The van der Waals surface area contributed by atoms with Gasteiger partial charge in [-0.2, -0.15) is 0 Å². The van der Waals surface area contributed by atoms with Gasteiger partial charge in [-0.25, -0.2) is 19.9 Å². The van der Waals surface area contributed by atoms with E-state index >= 15 is 0 Å². The first-order chi connectivity index (χ1) is 31.1. The Morgan fingerprint density at radius 1 is 0.875 bits per heavy atom. The number of piperazine rings is 1. The molecule has 3 aliphatic heterocycles. The van der Waals surface area contributed by atoms with E-state index in [0.717, 1.165) is 53.4 Å². The van der Waals surface area contributed by atoms with E-state index in [4.69, 9.17) is 9.47 Å². The molecule has 0 spiro atoms. The molecular formula is C45H47N11O8. The van der Waals surface area contributed by atoms with Crippen molar-refractivity contribution >= 4 is 52.4 Å². The van der Waals surface area contributed by atoms with Crippen LogP contribution < -0.4 is 25.4 Å². The van der Waals surface area contributed by atoms with Crippen molar-refractivity contribution in [2.45, 2.75) is 63.7 Å². The molecule has 0 radical (unpaired) electrons. The number of ether oxygens (including phenoxy) is 2. The van der Waals surface area contributed by atoms with Crippen LogP contribution in [0.2, 0.25) is 0 Å². The van der Waals surface area contributed by atoms with E-state index in [2.05, 4.69) is 45.4 Å². The summed E-state index contributed by atoms with van der Waals surface area (Å²) in [6, 6.07) is 16.9. The number of imide groups is 2. The van der Waals surface area contributed by atoms with Crippen molar-refractivity contribution in [1.82, 2.24) is 49.8 Å². The second kappa shape index (κ2) is 18.2. The lowest BCUT2D eigenvalue weighted by molar-refractivity contribution is -0.136. The molecule has 1 saturated carbocycles. The molecule has 19 heteroatoms. The lowest BCUT2D eigenvalue weighted by Crippen LogP contribution is -2.54. The minimum Gasteiger partial charge on any atom is -0.494 e. The number of carbonyl (C=O) groups is 6. The van der Waals surface area contributed by atoms with E-state index < -0.39 is 29.7 Å². The first-order valence-electron chi connectivity index (χ1n) is 21.4. The molecule has 5 aromatic rings. The standard InChI is InChI=1S/C45H47N11O8/c1-27-5-2-8-35(50-27)42(59)51-29-20-30(21-29)55-26-49-39-40(47-25-48-41(39)55)46-23-28-6-3-7-31(19-28)63-18-4-13-53-14-16-54(17-15-53)38(58)24-64-32-9-10-33-34(22-32)45(62)56(44(33)61)36-11-12-37(57)52-43(36)60/h2-3,5-10,19,22,25-26,29-30,36H,4,11-18,20-21,23-24H2,1H3,(H,51,59)(H,46,47,48)(H,52,57,60)/t29?,30?,36-/m0/s1. The van der Waals surface area contributed by atoms with Crippen LogP contribution >= 0.6 is 0 Å². The molecule has 0 bridgehead atoms. The van der Waals surface area contributed by atoms with Gasteiger partial charge in [0.1, 0.15) is 35.1 Å². The Bertz CT molecular complexity index is 2640. The Morgan fingerprint density at radius 2 is 1.67 bits per heavy atom. The number of nitrogens with zero attached hydrogens (tertiary/aromatic N) is 8. The topological polar surface area (TPSA) is 223 Å². The third-order valence-corrected chi connectivity index (χ3v) is 12.1. The molecule has 19 nitrogen and oxygen atoms in total. The molecule has 6 amide bonds. The zero-order valence-corrected chi connectivity index (χ0v) is 35.2. The summed E-state index contributed by atoms with van der Waals surface area (Å²) in [7, 11) is 0. The van der Waals surface area contributed by atoms with Gasteiger partial charge < -0.3 is 29.6 Å². The molecule has 3 fully saturated rings. The van der Waals surface area contributed by atoms with Crippen molar-refractivity contribution in [2.24, 2.45) is 0 Å². The number of benzene rings is 2. The SMILES string of the molecule is Cc1cccc(C(=O)NC2CC(n3cnc4c(NCc5cccc(OCCCN6CCN(C(=O)COc7ccc8c(c7)C(=O)N([C@H]7CCC(=O)NC7=O)C8=O)CC6)c5)ncnc43)C2)n1. The Labute approximate surface area is 367 Å². The lowest BCUT2D eigenvalue weighted by Gasteiger charge is -2.36. The molecule has 2 saturated heterocycles. The third-order valence-electron chi connectivity index (χ3n) is 12.1. The first-order valence-corrected chi connectivity index (χ1v) is 21.4. The molecular weight excluding hydrogens is 823 g/mol. The van der Waals surface area contributed by atoms with E-state index in [1.165, 1.54) is 24.5 Å². The summed E-state index contributed by atoms with van der Waals surface area (Å²) < 4.78 is 13.9. The number of hydrogen-bond donors (Lipinski definition) is 3. The fraction of sp³-hybridized carbons (Fsp3) is 0.378. The highest BCUT2D eigenvalue weighted by molar-refractivity contribution is 6.23. The van der Waals surface area contributed by atoms with Gasteiger partial charge in [-0.3, -0.25) is 43.9 Å². The molecule has 3 N–H and O–H groups in total. The highest BCUT2D eigenvalue weighted by Gasteiger charge is 2.45. The summed E-state index contributed by atoms with van der Waals surface area (Å²) in [6.45, 7) is 5.99. The lowest BCUT2D eigenvalue weighted by atomic mass is 9.86. The maximum atomic E-state index is 13.1. The number of hydrogen-bond acceptors (Lipinski definition) is 14. The van der Waals surface area contributed by atoms with E-state index in [9.17, 15) is 28.8 Å². The molecule has 4 aliphatic rings. The first kappa shape index (κ1) is 42.0. The van der Waals surface area contributed by atoms with Gasteiger partial charge >= 0.3 is 0 Å².